The molecule has 1 aromatic carbocycles. The van der Waals surface area contributed by atoms with Crippen molar-refractivity contribution in [3.05, 3.63) is 59.0 Å². The van der Waals surface area contributed by atoms with E-state index in [1.165, 1.54) is 6.07 Å². The minimum atomic E-state index is -0.981. The standard InChI is InChI=1S/C10H8O3.C3H4O2/c11-6-7-1-3-9-8(5-7)2-4-10(12)13-9;1-2-3(4)5/h1-5,11H,6H2;2H,1H2,(H,4,5). The Balaban J connectivity index is 0.000000280. The number of rotatable bonds is 2. The molecule has 5 nitrogen and oxygen atoms in total. The summed E-state index contributed by atoms with van der Waals surface area (Å²) in [4.78, 5) is 20.1. The van der Waals surface area contributed by atoms with Crippen LogP contribution in [0.1, 0.15) is 5.56 Å². The summed E-state index contributed by atoms with van der Waals surface area (Å²) < 4.78 is 4.92. The third-order valence-electron chi connectivity index (χ3n) is 2.04. The summed E-state index contributed by atoms with van der Waals surface area (Å²) in [5, 5.41) is 17.3. The molecular weight excluding hydrogens is 236 g/mol. The van der Waals surface area contributed by atoms with Gasteiger partial charge in [-0.3, -0.25) is 0 Å². The molecule has 0 fully saturated rings. The predicted molar refractivity (Wildman–Crippen MR) is 66.2 cm³/mol. The van der Waals surface area contributed by atoms with Crippen molar-refractivity contribution >= 4 is 16.9 Å². The van der Waals surface area contributed by atoms with Crippen molar-refractivity contribution in [2.75, 3.05) is 0 Å². The Morgan fingerprint density at radius 1 is 1.33 bits per heavy atom. The Morgan fingerprint density at radius 2 is 2.00 bits per heavy atom. The highest BCUT2D eigenvalue weighted by Crippen LogP contribution is 2.13. The van der Waals surface area contributed by atoms with E-state index in [1.54, 1.807) is 24.3 Å². The summed E-state index contributed by atoms with van der Waals surface area (Å²) in [7, 11) is 0. The fourth-order valence-corrected chi connectivity index (χ4v) is 1.22. The van der Waals surface area contributed by atoms with E-state index in [4.69, 9.17) is 14.6 Å². The van der Waals surface area contributed by atoms with Crippen molar-refractivity contribution in [2.45, 2.75) is 6.61 Å². The summed E-state index contributed by atoms with van der Waals surface area (Å²) in [6.45, 7) is 2.96. The van der Waals surface area contributed by atoms with Gasteiger partial charge in [0.15, 0.2) is 0 Å². The monoisotopic (exact) mass is 248 g/mol. The van der Waals surface area contributed by atoms with Crippen LogP contribution in [0.3, 0.4) is 0 Å². The molecule has 2 N–H and O–H groups in total. The fourth-order valence-electron chi connectivity index (χ4n) is 1.22. The quantitative estimate of drug-likeness (QED) is 0.621. The van der Waals surface area contributed by atoms with Gasteiger partial charge < -0.3 is 14.6 Å². The minimum absolute atomic E-state index is 0.00489. The molecule has 0 saturated carbocycles. The van der Waals surface area contributed by atoms with E-state index in [9.17, 15) is 9.59 Å². The number of carboxylic acids is 1. The second-order valence-electron chi connectivity index (χ2n) is 3.33. The van der Waals surface area contributed by atoms with E-state index >= 15 is 0 Å². The van der Waals surface area contributed by atoms with Crippen LogP contribution in [-0.4, -0.2) is 16.2 Å². The maximum absolute atomic E-state index is 10.8. The number of carboxylic acid groups (broad SMARTS) is 1. The SMILES string of the molecule is C=CC(=O)O.O=c1ccc2cc(CO)ccc2o1. The van der Waals surface area contributed by atoms with Crippen LogP contribution in [0.15, 0.2) is 52.2 Å². The molecule has 0 unspecified atom stereocenters. The second-order valence-corrected chi connectivity index (χ2v) is 3.33. The molecule has 0 saturated heterocycles. The van der Waals surface area contributed by atoms with Gasteiger partial charge in [0.1, 0.15) is 5.58 Å². The lowest BCUT2D eigenvalue weighted by molar-refractivity contribution is -0.131. The van der Waals surface area contributed by atoms with Crippen molar-refractivity contribution in [1.82, 2.24) is 0 Å². The molecule has 1 aromatic heterocycles. The van der Waals surface area contributed by atoms with Crippen LogP contribution in [0.2, 0.25) is 0 Å². The number of carbonyl (C=O) groups is 1. The fraction of sp³-hybridized carbons (Fsp3) is 0.0769. The van der Waals surface area contributed by atoms with Crippen LogP contribution in [0.4, 0.5) is 0 Å². The van der Waals surface area contributed by atoms with Crippen LogP contribution in [0.5, 0.6) is 0 Å². The van der Waals surface area contributed by atoms with Gasteiger partial charge in [0, 0.05) is 17.5 Å². The Morgan fingerprint density at radius 3 is 2.56 bits per heavy atom. The lowest BCUT2D eigenvalue weighted by atomic mass is 10.1. The average Bonchev–Trinajstić information content (AvgIpc) is 2.38. The first-order chi connectivity index (χ1) is 8.56. The average molecular weight is 248 g/mol. The van der Waals surface area contributed by atoms with E-state index in [1.807, 2.05) is 0 Å². The van der Waals surface area contributed by atoms with Crippen LogP contribution in [0, 0.1) is 0 Å². The summed E-state index contributed by atoms with van der Waals surface area (Å²) in [5.74, 6) is -0.981. The van der Waals surface area contributed by atoms with Gasteiger partial charge in [0.05, 0.1) is 6.61 Å². The number of hydrogen-bond donors (Lipinski definition) is 2. The first kappa shape index (κ1) is 13.7. The summed E-state index contributed by atoms with van der Waals surface area (Å²) in [5.41, 5.74) is 0.996. The molecular formula is C13H12O5. The zero-order valence-corrected chi connectivity index (χ0v) is 9.50. The van der Waals surface area contributed by atoms with Gasteiger partial charge in [-0.05, 0) is 23.8 Å². The third kappa shape index (κ3) is 3.88. The van der Waals surface area contributed by atoms with E-state index in [-0.39, 0.29) is 12.2 Å². The molecule has 0 radical (unpaired) electrons. The highest BCUT2D eigenvalue weighted by atomic mass is 16.4. The van der Waals surface area contributed by atoms with Gasteiger partial charge >= 0.3 is 11.6 Å². The molecule has 94 valence electrons. The maximum atomic E-state index is 10.8. The largest absolute Gasteiger partial charge is 0.478 e. The molecule has 0 aliphatic carbocycles. The highest BCUT2D eigenvalue weighted by Gasteiger charge is 1.97. The lowest BCUT2D eigenvalue weighted by Crippen LogP contribution is -1.94. The molecule has 18 heavy (non-hydrogen) atoms. The van der Waals surface area contributed by atoms with Gasteiger partial charge in [-0.2, -0.15) is 0 Å². The van der Waals surface area contributed by atoms with Crippen molar-refractivity contribution in [3.8, 4) is 0 Å². The number of fused-ring (bicyclic) bond motifs is 1. The molecule has 2 aromatic rings. The van der Waals surface area contributed by atoms with Crippen molar-refractivity contribution < 1.29 is 19.4 Å². The number of benzene rings is 1. The number of aliphatic hydroxyl groups excluding tert-OH is 1. The third-order valence-corrected chi connectivity index (χ3v) is 2.04. The van der Waals surface area contributed by atoms with Crippen LogP contribution < -0.4 is 5.63 Å². The normalized spacial score (nSPS) is 9.39. The Labute approximate surface area is 103 Å². The Hall–Kier alpha value is -2.40. The van der Waals surface area contributed by atoms with Gasteiger partial charge in [0.2, 0.25) is 0 Å². The molecule has 0 aliphatic rings. The maximum Gasteiger partial charge on any atom is 0.336 e. The van der Waals surface area contributed by atoms with Crippen LogP contribution in [0.25, 0.3) is 11.0 Å². The summed E-state index contributed by atoms with van der Waals surface area (Å²) in [6, 6.07) is 8.25. The molecule has 0 bridgehead atoms. The minimum Gasteiger partial charge on any atom is -0.478 e. The van der Waals surface area contributed by atoms with Gasteiger partial charge in [-0.15, -0.1) is 0 Å². The van der Waals surface area contributed by atoms with E-state index < -0.39 is 5.97 Å². The number of hydrogen-bond acceptors (Lipinski definition) is 4. The molecule has 0 amide bonds. The molecule has 1 heterocycles. The number of aliphatic carboxylic acids is 1. The zero-order valence-electron chi connectivity index (χ0n) is 9.50. The van der Waals surface area contributed by atoms with E-state index in [2.05, 4.69) is 6.58 Å². The van der Waals surface area contributed by atoms with E-state index in [0.717, 1.165) is 17.0 Å². The predicted octanol–water partition coefficient (Wildman–Crippen LogP) is 1.54. The second kappa shape index (κ2) is 6.36. The van der Waals surface area contributed by atoms with E-state index in [0.29, 0.717) is 5.58 Å². The smallest absolute Gasteiger partial charge is 0.336 e. The highest BCUT2D eigenvalue weighted by molar-refractivity contribution is 5.78. The van der Waals surface area contributed by atoms with Crippen LogP contribution in [-0.2, 0) is 11.4 Å². The van der Waals surface area contributed by atoms with Gasteiger partial charge in [-0.1, -0.05) is 12.6 Å². The van der Waals surface area contributed by atoms with Crippen molar-refractivity contribution in [3.63, 3.8) is 0 Å². The molecule has 0 aliphatic heterocycles. The van der Waals surface area contributed by atoms with Crippen molar-refractivity contribution in [1.29, 1.82) is 0 Å². The molecule has 5 heteroatoms. The molecule has 0 spiro atoms. The summed E-state index contributed by atoms with van der Waals surface area (Å²) >= 11 is 0. The summed E-state index contributed by atoms with van der Waals surface area (Å²) in [6.07, 6.45) is 0.833. The molecule has 0 atom stereocenters. The first-order valence-electron chi connectivity index (χ1n) is 5.06. The zero-order chi connectivity index (χ0) is 13.5. The van der Waals surface area contributed by atoms with Crippen molar-refractivity contribution in [2.24, 2.45) is 0 Å². The Bertz CT molecular complexity index is 612. The Kier molecular flexibility index (Phi) is 4.83. The first-order valence-corrected chi connectivity index (χ1v) is 5.06. The number of aliphatic hydroxyl groups is 1. The van der Waals surface area contributed by atoms with Gasteiger partial charge in [0.25, 0.3) is 0 Å². The van der Waals surface area contributed by atoms with Gasteiger partial charge in [-0.25, -0.2) is 9.59 Å². The molecule has 2 rings (SSSR count). The lowest BCUT2D eigenvalue weighted by Gasteiger charge is -1.97. The van der Waals surface area contributed by atoms with Crippen LogP contribution >= 0.6 is 0 Å². The topological polar surface area (TPSA) is 87.7 Å².